The highest BCUT2D eigenvalue weighted by atomic mass is 35.5. The Morgan fingerprint density at radius 3 is 2.53 bits per heavy atom. The molecule has 0 saturated heterocycles. The van der Waals surface area contributed by atoms with Crippen LogP contribution in [0.4, 0.5) is 0 Å². The van der Waals surface area contributed by atoms with Gasteiger partial charge >= 0.3 is 5.97 Å². The molecule has 4 rings (SSSR count). The highest BCUT2D eigenvalue weighted by molar-refractivity contribution is 6.39. The predicted molar refractivity (Wildman–Crippen MR) is 125 cm³/mol. The summed E-state index contributed by atoms with van der Waals surface area (Å²) < 4.78 is 12.6. The van der Waals surface area contributed by atoms with Gasteiger partial charge in [-0.05, 0) is 67.0 Å². The van der Waals surface area contributed by atoms with Gasteiger partial charge in [-0.25, -0.2) is 4.52 Å². The Labute approximate surface area is 197 Å². The zero-order chi connectivity index (χ0) is 22.7. The van der Waals surface area contributed by atoms with E-state index in [0.29, 0.717) is 34.7 Å². The van der Waals surface area contributed by atoms with Crippen LogP contribution in [0.25, 0.3) is 16.6 Å². The number of hydrogen-bond donors (Lipinski definition) is 1. The fraction of sp³-hybridized carbons (Fsp3) is 0.417. The highest BCUT2D eigenvalue weighted by Gasteiger charge is 2.24. The van der Waals surface area contributed by atoms with Gasteiger partial charge in [0.1, 0.15) is 0 Å². The molecule has 0 amide bonds. The first-order chi connectivity index (χ1) is 15.5. The maximum absolute atomic E-state index is 11.2. The molecule has 2 aromatic heterocycles. The lowest BCUT2D eigenvalue weighted by molar-refractivity contribution is -0.136. The SMILES string of the molecule is COCCOC1CCC(c2cc(Cl)c(-c3ccn4ncc(CC(=O)O)c4c3)c(Cl)c2)CC1. The minimum atomic E-state index is -0.899. The van der Waals surface area contributed by atoms with E-state index in [-0.39, 0.29) is 12.5 Å². The van der Waals surface area contributed by atoms with Crippen LogP contribution in [0.15, 0.2) is 36.7 Å². The largest absolute Gasteiger partial charge is 0.481 e. The molecule has 0 atom stereocenters. The zero-order valence-corrected chi connectivity index (χ0v) is 19.4. The summed E-state index contributed by atoms with van der Waals surface area (Å²) in [5.74, 6) is -0.495. The van der Waals surface area contributed by atoms with Crippen LogP contribution in [-0.2, 0) is 20.7 Å². The topological polar surface area (TPSA) is 73.1 Å². The summed E-state index contributed by atoms with van der Waals surface area (Å²) in [6, 6.07) is 7.80. The Bertz CT molecular complexity index is 1080. The standard InChI is InChI=1S/C24H26Cl2N2O4/c1-31-8-9-32-19-4-2-15(3-5-19)17-10-20(25)24(21(26)11-17)16-6-7-28-22(12-16)18(14-27-28)13-23(29)30/h6-7,10-12,14-15,19H,2-5,8-9,13H2,1H3,(H,29,30). The van der Waals surface area contributed by atoms with Gasteiger partial charge in [-0.2, -0.15) is 5.10 Å². The molecule has 1 saturated carbocycles. The fourth-order valence-electron chi connectivity index (χ4n) is 4.45. The van der Waals surface area contributed by atoms with E-state index in [1.165, 1.54) is 0 Å². The van der Waals surface area contributed by atoms with Crippen molar-refractivity contribution in [1.29, 1.82) is 0 Å². The number of nitrogens with zero attached hydrogens (tertiary/aromatic N) is 2. The summed E-state index contributed by atoms with van der Waals surface area (Å²) in [6.07, 6.45) is 7.65. The number of methoxy groups -OCH3 is 1. The van der Waals surface area contributed by atoms with E-state index in [2.05, 4.69) is 5.10 Å². The zero-order valence-electron chi connectivity index (χ0n) is 17.9. The minimum Gasteiger partial charge on any atom is -0.481 e. The molecule has 1 N–H and O–H groups in total. The molecule has 1 aromatic carbocycles. The molecule has 0 radical (unpaired) electrons. The Morgan fingerprint density at radius 1 is 1.16 bits per heavy atom. The van der Waals surface area contributed by atoms with E-state index >= 15 is 0 Å². The van der Waals surface area contributed by atoms with Crippen LogP contribution in [0.3, 0.4) is 0 Å². The molecule has 32 heavy (non-hydrogen) atoms. The monoisotopic (exact) mass is 476 g/mol. The van der Waals surface area contributed by atoms with Crippen molar-refractivity contribution in [1.82, 2.24) is 9.61 Å². The summed E-state index contributed by atoms with van der Waals surface area (Å²) in [5, 5.41) is 14.6. The van der Waals surface area contributed by atoms with Crippen molar-refractivity contribution >= 4 is 34.7 Å². The fourth-order valence-corrected chi connectivity index (χ4v) is 5.17. The number of carboxylic acid groups (broad SMARTS) is 1. The number of halogens is 2. The van der Waals surface area contributed by atoms with Gasteiger partial charge in [0.25, 0.3) is 0 Å². The van der Waals surface area contributed by atoms with Crippen molar-refractivity contribution in [3.63, 3.8) is 0 Å². The quantitative estimate of drug-likeness (QED) is 0.426. The van der Waals surface area contributed by atoms with Crippen molar-refractivity contribution in [2.45, 2.75) is 44.1 Å². The average molecular weight is 477 g/mol. The molecule has 170 valence electrons. The van der Waals surface area contributed by atoms with Crippen LogP contribution in [0, 0.1) is 0 Å². The third kappa shape index (κ3) is 5.09. The first-order valence-electron chi connectivity index (χ1n) is 10.7. The number of benzene rings is 1. The van der Waals surface area contributed by atoms with Crippen LogP contribution in [0.2, 0.25) is 10.0 Å². The minimum absolute atomic E-state index is 0.0921. The van der Waals surface area contributed by atoms with E-state index < -0.39 is 5.97 Å². The molecule has 8 heteroatoms. The summed E-state index contributed by atoms with van der Waals surface area (Å²) in [4.78, 5) is 11.2. The molecule has 1 aliphatic carbocycles. The van der Waals surface area contributed by atoms with Gasteiger partial charge in [0, 0.05) is 24.4 Å². The number of ether oxygens (including phenoxy) is 2. The number of rotatable bonds is 8. The van der Waals surface area contributed by atoms with Gasteiger partial charge in [0.05, 0.1) is 47.5 Å². The summed E-state index contributed by atoms with van der Waals surface area (Å²) >= 11 is 13.4. The second-order valence-electron chi connectivity index (χ2n) is 8.18. The van der Waals surface area contributed by atoms with Gasteiger partial charge in [-0.1, -0.05) is 23.2 Å². The Morgan fingerprint density at radius 2 is 1.88 bits per heavy atom. The van der Waals surface area contributed by atoms with Crippen molar-refractivity contribution in [2.75, 3.05) is 20.3 Å². The summed E-state index contributed by atoms with van der Waals surface area (Å²) in [5.41, 5.74) is 4.11. The van der Waals surface area contributed by atoms with Gasteiger partial charge in [0.2, 0.25) is 0 Å². The van der Waals surface area contributed by atoms with Crippen LogP contribution in [-0.4, -0.2) is 47.1 Å². The number of carbonyl (C=O) groups is 1. The van der Waals surface area contributed by atoms with Crippen LogP contribution in [0.1, 0.15) is 42.7 Å². The van der Waals surface area contributed by atoms with Gasteiger partial charge in [0.15, 0.2) is 0 Å². The number of pyridine rings is 1. The number of fused-ring (bicyclic) bond motifs is 1. The Balaban J connectivity index is 1.54. The lowest BCUT2D eigenvalue weighted by Gasteiger charge is -2.29. The van der Waals surface area contributed by atoms with Crippen molar-refractivity contribution < 1.29 is 19.4 Å². The molecule has 1 fully saturated rings. The molecule has 3 aromatic rings. The molecular weight excluding hydrogens is 451 g/mol. The summed E-state index contributed by atoms with van der Waals surface area (Å²) in [6.45, 7) is 1.25. The normalized spacial score (nSPS) is 18.8. The van der Waals surface area contributed by atoms with Crippen LogP contribution < -0.4 is 0 Å². The maximum Gasteiger partial charge on any atom is 0.307 e. The first-order valence-corrected chi connectivity index (χ1v) is 11.5. The molecule has 6 nitrogen and oxygen atoms in total. The van der Waals surface area contributed by atoms with E-state index in [4.69, 9.17) is 37.8 Å². The molecule has 0 spiro atoms. The van der Waals surface area contributed by atoms with Crippen molar-refractivity contribution in [2.24, 2.45) is 0 Å². The van der Waals surface area contributed by atoms with Gasteiger partial charge in [-0.15, -0.1) is 0 Å². The average Bonchev–Trinajstić information content (AvgIpc) is 3.15. The number of carboxylic acids is 1. The number of hydrogen-bond acceptors (Lipinski definition) is 4. The van der Waals surface area contributed by atoms with E-state index in [1.807, 2.05) is 24.3 Å². The van der Waals surface area contributed by atoms with Gasteiger partial charge in [-0.3, -0.25) is 4.79 Å². The first kappa shape index (κ1) is 23.1. The van der Waals surface area contributed by atoms with Crippen LogP contribution >= 0.6 is 23.2 Å². The molecule has 0 bridgehead atoms. The Kier molecular flexibility index (Phi) is 7.36. The van der Waals surface area contributed by atoms with Crippen LogP contribution in [0.5, 0.6) is 0 Å². The van der Waals surface area contributed by atoms with E-state index in [9.17, 15) is 4.79 Å². The maximum atomic E-state index is 11.2. The highest BCUT2D eigenvalue weighted by Crippen LogP contribution is 2.41. The second kappa shape index (κ2) is 10.2. The molecule has 2 heterocycles. The third-order valence-corrected chi connectivity index (χ3v) is 6.68. The van der Waals surface area contributed by atoms with E-state index in [0.717, 1.165) is 47.9 Å². The lowest BCUT2D eigenvalue weighted by Crippen LogP contribution is -2.22. The second-order valence-corrected chi connectivity index (χ2v) is 9.00. The van der Waals surface area contributed by atoms with Crippen molar-refractivity contribution in [3.05, 3.63) is 57.8 Å². The number of aliphatic carboxylic acids is 1. The van der Waals surface area contributed by atoms with Crippen molar-refractivity contribution in [3.8, 4) is 11.1 Å². The Hall–Kier alpha value is -2.12. The predicted octanol–water partition coefficient (Wildman–Crippen LogP) is 5.62. The van der Waals surface area contributed by atoms with E-state index in [1.54, 1.807) is 24.0 Å². The van der Waals surface area contributed by atoms with Gasteiger partial charge < -0.3 is 14.6 Å². The number of aromatic nitrogens is 2. The molecular formula is C24H26Cl2N2O4. The lowest BCUT2D eigenvalue weighted by atomic mass is 9.82. The third-order valence-electron chi connectivity index (χ3n) is 6.08. The molecule has 1 aliphatic rings. The molecule has 0 unspecified atom stereocenters. The molecule has 0 aliphatic heterocycles. The smallest absolute Gasteiger partial charge is 0.307 e. The summed E-state index contributed by atoms with van der Waals surface area (Å²) in [7, 11) is 1.68.